The molecular weight excluding hydrogens is 322 g/mol. The Labute approximate surface area is 136 Å². The van der Waals surface area contributed by atoms with E-state index in [9.17, 15) is 13.2 Å². The van der Waals surface area contributed by atoms with Gasteiger partial charge in [-0.2, -0.15) is 11.8 Å². The van der Waals surface area contributed by atoms with Crippen LogP contribution in [0.2, 0.25) is 0 Å². The highest BCUT2D eigenvalue weighted by molar-refractivity contribution is 7.98. The molecule has 0 saturated carbocycles. The fraction of sp³-hybridized carbons (Fsp3) is 0.500. The second-order valence-corrected chi connectivity index (χ2v) is 7.70. The SMILES string of the molecule is CCCS(=O)(=O)Nc1ccc(NC(=O)[C@@H](N)CCSC)cc1. The van der Waals surface area contributed by atoms with Crippen LogP contribution in [-0.4, -0.2) is 38.1 Å². The molecular formula is C14H23N3O3S2. The summed E-state index contributed by atoms with van der Waals surface area (Å²) in [7, 11) is -3.30. The van der Waals surface area contributed by atoms with Crippen LogP contribution in [0.4, 0.5) is 11.4 Å². The van der Waals surface area contributed by atoms with Crippen molar-refractivity contribution in [2.45, 2.75) is 25.8 Å². The van der Waals surface area contributed by atoms with Gasteiger partial charge >= 0.3 is 0 Å². The summed E-state index contributed by atoms with van der Waals surface area (Å²) < 4.78 is 25.8. The minimum absolute atomic E-state index is 0.0791. The summed E-state index contributed by atoms with van der Waals surface area (Å²) >= 11 is 1.64. The molecule has 1 aromatic rings. The highest BCUT2D eigenvalue weighted by Crippen LogP contribution is 2.15. The molecule has 0 heterocycles. The molecule has 0 unspecified atom stereocenters. The van der Waals surface area contributed by atoms with Gasteiger partial charge in [-0.25, -0.2) is 8.42 Å². The molecule has 1 amide bonds. The van der Waals surface area contributed by atoms with Gasteiger partial charge in [0, 0.05) is 11.4 Å². The van der Waals surface area contributed by atoms with Gasteiger partial charge < -0.3 is 11.1 Å². The van der Waals surface area contributed by atoms with Crippen molar-refractivity contribution in [2.24, 2.45) is 5.73 Å². The van der Waals surface area contributed by atoms with Crippen LogP contribution in [0.3, 0.4) is 0 Å². The largest absolute Gasteiger partial charge is 0.325 e. The van der Waals surface area contributed by atoms with Gasteiger partial charge in [0.05, 0.1) is 11.8 Å². The lowest BCUT2D eigenvalue weighted by molar-refractivity contribution is -0.117. The summed E-state index contributed by atoms with van der Waals surface area (Å²) in [5, 5.41) is 2.72. The molecule has 1 rings (SSSR count). The first-order valence-corrected chi connectivity index (χ1v) is 10.1. The maximum Gasteiger partial charge on any atom is 0.241 e. The first-order valence-electron chi connectivity index (χ1n) is 7.04. The number of hydrogen-bond acceptors (Lipinski definition) is 5. The third kappa shape index (κ3) is 6.67. The number of carbonyl (C=O) groups excluding carboxylic acids is 1. The number of nitrogens with one attached hydrogen (secondary N) is 2. The summed E-state index contributed by atoms with van der Waals surface area (Å²) in [4.78, 5) is 11.9. The number of carbonyl (C=O) groups is 1. The third-order valence-corrected chi connectivity index (χ3v) is 5.00. The van der Waals surface area contributed by atoms with Crippen molar-refractivity contribution in [3.05, 3.63) is 24.3 Å². The standard InChI is InChI=1S/C14H23N3O3S2/c1-3-10-22(19,20)17-12-6-4-11(5-7-12)16-14(18)13(15)8-9-21-2/h4-7,13,17H,3,8-10,15H2,1-2H3,(H,16,18)/t13-/m0/s1. The smallest absolute Gasteiger partial charge is 0.241 e. The summed E-state index contributed by atoms with van der Waals surface area (Å²) in [6.45, 7) is 1.80. The van der Waals surface area contributed by atoms with Crippen molar-refractivity contribution in [1.82, 2.24) is 0 Å². The highest BCUT2D eigenvalue weighted by Gasteiger charge is 2.13. The van der Waals surface area contributed by atoms with Gasteiger partial charge in [-0.05, 0) is 49.1 Å². The molecule has 0 aliphatic heterocycles. The minimum atomic E-state index is -3.30. The first-order chi connectivity index (χ1) is 10.4. The van der Waals surface area contributed by atoms with E-state index in [2.05, 4.69) is 10.0 Å². The molecule has 0 spiro atoms. The molecule has 0 fully saturated rings. The lowest BCUT2D eigenvalue weighted by Crippen LogP contribution is -2.36. The van der Waals surface area contributed by atoms with Gasteiger partial charge in [0.25, 0.3) is 0 Å². The van der Waals surface area contributed by atoms with Crippen molar-refractivity contribution in [1.29, 1.82) is 0 Å². The normalized spacial score (nSPS) is 12.7. The zero-order valence-electron chi connectivity index (χ0n) is 12.8. The Balaban J connectivity index is 2.60. The van der Waals surface area contributed by atoms with Gasteiger partial charge in [-0.1, -0.05) is 6.92 Å². The maximum atomic E-state index is 11.9. The van der Waals surface area contributed by atoms with Crippen molar-refractivity contribution >= 4 is 39.1 Å². The molecule has 0 aliphatic carbocycles. The second-order valence-electron chi connectivity index (χ2n) is 4.88. The van der Waals surface area contributed by atoms with Crippen LogP contribution >= 0.6 is 11.8 Å². The Morgan fingerprint density at radius 3 is 2.41 bits per heavy atom. The number of anilines is 2. The van der Waals surface area contributed by atoms with E-state index in [1.165, 1.54) is 0 Å². The van der Waals surface area contributed by atoms with E-state index < -0.39 is 16.1 Å². The molecule has 0 aromatic heterocycles. The summed E-state index contributed by atoms with van der Waals surface area (Å²) in [6.07, 6.45) is 3.13. The van der Waals surface area contributed by atoms with Gasteiger partial charge in [0.2, 0.25) is 15.9 Å². The van der Waals surface area contributed by atoms with E-state index >= 15 is 0 Å². The quantitative estimate of drug-likeness (QED) is 0.634. The average molecular weight is 345 g/mol. The predicted molar refractivity (Wildman–Crippen MR) is 93.7 cm³/mol. The number of thioether (sulfide) groups is 1. The Kier molecular flexibility index (Phi) is 7.70. The number of amides is 1. The van der Waals surface area contributed by atoms with Crippen molar-refractivity contribution in [3.63, 3.8) is 0 Å². The monoisotopic (exact) mass is 345 g/mol. The first kappa shape index (κ1) is 18.8. The van der Waals surface area contributed by atoms with Gasteiger partial charge in [0.15, 0.2) is 0 Å². The van der Waals surface area contributed by atoms with Gasteiger partial charge in [-0.15, -0.1) is 0 Å². The zero-order chi connectivity index (χ0) is 16.6. The molecule has 1 aromatic carbocycles. The minimum Gasteiger partial charge on any atom is -0.325 e. The Morgan fingerprint density at radius 2 is 1.86 bits per heavy atom. The summed E-state index contributed by atoms with van der Waals surface area (Å²) in [5.41, 5.74) is 6.84. The zero-order valence-corrected chi connectivity index (χ0v) is 14.5. The van der Waals surface area contributed by atoms with Crippen molar-refractivity contribution in [2.75, 3.05) is 27.8 Å². The number of nitrogens with two attached hydrogens (primary N) is 1. The number of hydrogen-bond donors (Lipinski definition) is 3. The van der Waals surface area contributed by atoms with Crippen LogP contribution < -0.4 is 15.8 Å². The van der Waals surface area contributed by atoms with Gasteiger partial charge in [-0.3, -0.25) is 9.52 Å². The molecule has 0 saturated heterocycles. The number of benzene rings is 1. The van der Waals surface area contributed by atoms with Gasteiger partial charge in [0.1, 0.15) is 0 Å². The van der Waals surface area contributed by atoms with E-state index in [1.54, 1.807) is 43.0 Å². The molecule has 22 heavy (non-hydrogen) atoms. The van der Waals surface area contributed by atoms with Crippen LogP contribution in [0.5, 0.6) is 0 Å². The van der Waals surface area contributed by atoms with E-state index in [0.29, 0.717) is 24.2 Å². The highest BCUT2D eigenvalue weighted by atomic mass is 32.2. The van der Waals surface area contributed by atoms with Crippen LogP contribution in [-0.2, 0) is 14.8 Å². The molecule has 0 aliphatic rings. The molecule has 1 atom stereocenters. The maximum absolute atomic E-state index is 11.9. The summed E-state index contributed by atoms with van der Waals surface area (Å²) in [6, 6.07) is 5.95. The average Bonchev–Trinajstić information content (AvgIpc) is 2.46. The van der Waals surface area contributed by atoms with E-state index in [-0.39, 0.29) is 11.7 Å². The molecule has 124 valence electrons. The molecule has 4 N–H and O–H groups in total. The number of sulfonamides is 1. The number of rotatable bonds is 9. The van der Waals surface area contributed by atoms with Crippen LogP contribution in [0.25, 0.3) is 0 Å². The van der Waals surface area contributed by atoms with Crippen molar-refractivity contribution < 1.29 is 13.2 Å². The second kappa shape index (κ2) is 9.02. The molecule has 0 bridgehead atoms. The van der Waals surface area contributed by atoms with Crippen LogP contribution in [0.1, 0.15) is 19.8 Å². The van der Waals surface area contributed by atoms with Crippen LogP contribution in [0, 0.1) is 0 Å². The lowest BCUT2D eigenvalue weighted by atomic mass is 10.2. The Morgan fingerprint density at radius 1 is 1.27 bits per heavy atom. The molecule has 0 radical (unpaired) electrons. The van der Waals surface area contributed by atoms with E-state index in [4.69, 9.17) is 5.73 Å². The molecule has 8 heteroatoms. The summed E-state index contributed by atoms with van der Waals surface area (Å²) in [5.74, 6) is 0.663. The Hall–Kier alpha value is -1.25. The topological polar surface area (TPSA) is 101 Å². The van der Waals surface area contributed by atoms with Crippen molar-refractivity contribution in [3.8, 4) is 0 Å². The third-order valence-electron chi connectivity index (χ3n) is 2.87. The molecule has 6 nitrogen and oxygen atoms in total. The Bertz CT molecular complexity index is 574. The lowest BCUT2D eigenvalue weighted by Gasteiger charge is -2.12. The fourth-order valence-corrected chi connectivity index (χ4v) is 3.36. The fourth-order valence-electron chi connectivity index (χ4n) is 1.73. The van der Waals surface area contributed by atoms with E-state index in [1.807, 2.05) is 6.26 Å². The predicted octanol–water partition coefficient (Wildman–Crippen LogP) is 1.86. The van der Waals surface area contributed by atoms with E-state index in [0.717, 1.165) is 5.75 Å². The van der Waals surface area contributed by atoms with Crippen LogP contribution in [0.15, 0.2) is 24.3 Å².